The molecule has 0 saturated carbocycles. The van der Waals surface area contributed by atoms with E-state index in [1.807, 2.05) is 24.5 Å². The molecule has 0 radical (unpaired) electrons. The van der Waals surface area contributed by atoms with E-state index in [9.17, 15) is 5.26 Å². The number of nitrogens with one attached hydrogen (secondary N) is 1. The second-order valence-electron chi connectivity index (χ2n) is 3.82. The average Bonchev–Trinajstić information content (AvgIpc) is 2.37. The van der Waals surface area contributed by atoms with E-state index in [0.29, 0.717) is 0 Å². The minimum atomic E-state index is 0.749. The lowest BCUT2D eigenvalue weighted by Gasteiger charge is -2.15. The van der Waals surface area contributed by atoms with E-state index in [-0.39, 0.29) is 0 Å². The summed E-state index contributed by atoms with van der Waals surface area (Å²) in [6, 6.07) is 8.20. The molecule has 3 nitrogen and oxygen atoms in total. The smallest absolute Gasteiger partial charge is 0.102 e. The largest absolute Gasteiger partial charge is 0.383 e. The number of likely N-dealkylation sites (N-methyl/N-ethyl adjacent to an activating group) is 1. The van der Waals surface area contributed by atoms with Gasteiger partial charge in [0, 0.05) is 18.0 Å². The van der Waals surface area contributed by atoms with Gasteiger partial charge in [0.25, 0.3) is 0 Å². The molecule has 0 aromatic heterocycles. The summed E-state index contributed by atoms with van der Waals surface area (Å²) in [6.07, 6.45) is 1.99. The van der Waals surface area contributed by atoms with Crippen molar-refractivity contribution in [3.8, 4) is 6.07 Å². The summed E-state index contributed by atoms with van der Waals surface area (Å²) in [5.41, 5.74) is 1.68. The zero-order valence-electron chi connectivity index (χ0n) is 10.7. The molecule has 1 aromatic carbocycles. The number of nitriles is 1. The zero-order valence-corrected chi connectivity index (χ0v) is 11.5. The second kappa shape index (κ2) is 7.21. The summed E-state index contributed by atoms with van der Waals surface area (Å²) in [6.45, 7) is 5.01. The molecule has 1 N–H and O–H groups in total. The maximum absolute atomic E-state index is 9.17. The molecule has 1 aromatic rings. The van der Waals surface area contributed by atoms with E-state index >= 15 is 0 Å². The van der Waals surface area contributed by atoms with Crippen LogP contribution in [-0.4, -0.2) is 37.8 Å². The van der Waals surface area contributed by atoms with Crippen molar-refractivity contribution in [3.05, 3.63) is 23.8 Å². The average molecular weight is 249 g/mol. The molecule has 0 aliphatic rings. The minimum Gasteiger partial charge on any atom is -0.383 e. The van der Waals surface area contributed by atoms with Gasteiger partial charge in [-0.25, -0.2) is 0 Å². The van der Waals surface area contributed by atoms with E-state index < -0.39 is 0 Å². The Kier molecular flexibility index (Phi) is 5.88. The minimum absolute atomic E-state index is 0.749. The number of hydrogen-bond acceptors (Lipinski definition) is 4. The van der Waals surface area contributed by atoms with Gasteiger partial charge in [0.05, 0.1) is 11.3 Å². The number of thioether (sulfide) groups is 1. The summed E-state index contributed by atoms with van der Waals surface area (Å²) >= 11 is 1.61. The SMILES string of the molecule is CCN(C)CCNc1cccc(SC)c1C#N. The Hall–Kier alpha value is -1.18. The van der Waals surface area contributed by atoms with E-state index in [0.717, 1.165) is 35.8 Å². The maximum Gasteiger partial charge on any atom is 0.102 e. The Labute approximate surface area is 108 Å². The van der Waals surface area contributed by atoms with Crippen LogP contribution in [0.4, 0.5) is 5.69 Å². The molecule has 1 rings (SSSR count). The highest BCUT2D eigenvalue weighted by Gasteiger charge is 2.06. The molecule has 0 saturated heterocycles. The summed E-state index contributed by atoms with van der Waals surface area (Å²) in [4.78, 5) is 3.26. The summed E-state index contributed by atoms with van der Waals surface area (Å²) < 4.78 is 0. The molecule has 0 heterocycles. The first kappa shape index (κ1) is 13.9. The highest BCUT2D eigenvalue weighted by atomic mass is 32.2. The summed E-state index contributed by atoms with van der Waals surface area (Å²) in [7, 11) is 2.09. The monoisotopic (exact) mass is 249 g/mol. The third-order valence-electron chi connectivity index (χ3n) is 2.71. The number of nitrogens with zero attached hydrogens (tertiary/aromatic N) is 2. The molecule has 17 heavy (non-hydrogen) atoms. The van der Waals surface area contributed by atoms with Crippen LogP contribution in [0.3, 0.4) is 0 Å². The van der Waals surface area contributed by atoms with Crippen molar-refractivity contribution in [2.24, 2.45) is 0 Å². The van der Waals surface area contributed by atoms with Gasteiger partial charge in [-0.2, -0.15) is 5.26 Å². The number of benzene rings is 1. The normalized spacial score (nSPS) is 10.3. The quantitative estimate of drug-likeness (QED) is 0.787. The van der Waals surface area contributed by atoms with E-state index in [1.54, 1.807) is 11.8 Å². The van der Waals surface area contributed by atoms with Gasteiger partial charge in [0.1, 0.15) is 6.07 Å². The lowest BCUT2D eigenvalue weighted by molar-refractivity contribution is 0.367. The van der Waals surface area contributed by atoms with Crippen molar-refractivity contribution in [1.29, 1.82) is 5.26 Å². The molecular weight excluding hydrogens is 230 g/mol. The van der Waals surface area contributed by atoms with E-state index in [1.165, 1.54) is 0 Å². The predicted octanol–water partition coefficient (Wildman–Crippen LogP) is 2.64. The second-order valence-corrected chi connectivity index (χ2v) is 4.67. The highest BCUT2D eigenvalue weighted by Crippen LogP contribution is 2.25. The van der Waals surface area contributed by atoms with Gasteiger partial charge in [-0.15, -0.1) is 11.8 Å². The molecule has 92 valence electrons. The Balaban J connectivity index is 2.68. The number of hydrogen-bond donors (Lipinski definition) is 1. The molecule has 0 bridgehead atoms. The van der Waals surface area contributed by atoms with E-state index in [2.05, 4.69) is 30.3 Å². The molecule has 0 unspecified atom stereocenters. The molecule has 0 fully saturated rings. The molecule has 4 heteroatoms. The standard InChI is InChI=1S/C13H19N3S/c1-4-16(2)9-8-15-12-6-5-7-13(17-3)11(12)10-14/h5-7,15H,4,8-9H2,1-3H3. The topological polar surface area (TPSA) is 39.1 Å². The van der Waals surface area contributed by atoms with Crippen LogP contribution >= 0.6 is 11.8 Å². The Morgan fingerprint density at radius 3 is 2.82 bits per heavy atom. The van der Waals surface area contributed by atoms with Gasteiger partial charge in [-0.05, 0) is 32.0 Å². The lowest BCUT2D eigenvalue weighted by atomic mass is 10.2. The predicted molar refractivity (Wildman–Crippen MR) is 74.6 cm³/mol. The van der Waals surface area contributed by atoms with E-state index in [4.69, 9.17) is 0 Å². The fourth-order valence-corrected chi connectivity index (χ4v) is 2.08. The van der Waals surface area contributed by atoms with Crippen molar-refractivity contribution in [2.75, 3.05) is 38.3 Å². The van der Waals surface area contributed by atoms with Crippen molar-refractivity contribution in [2.45, 2.75) is 11.8 Å². The lowest BCUT2D eigenvalue weighted by Crippen LogP contribution is -2.24. The third-order valence-corrected chi connectivity index (χ3v) is 3.49. The van der Waals surface area contributed by atoms with Gasteiger partial charge < -0.3 is 10.2 Å². The van der Waals surface area contributed by atoms with Crippen LogP contribution in [0.2, 0.25) is 0 Å². The molecule has 0 amide bonds. The first-order chi connectivity index (χ1) is 8.22. The van der Waals surface area contributed by atoms with Gasteiger partial charge in [0.15, 0.2) is 0 Å². The van der Waals surface area contributed by atoms with Gasteiger partial charge in [-0.3, -0.25) is 0 Å². The Morgan fingerprint density at radius 1 is 1.47 bits per heavy atom. The highest BCUT2D eigenvalue weighted by molar-refractivity contribution is 7.98. The zero-order chi connectivity index (χ0) is 12.7. The van der Waals surface area contributed by atoms with Gasteiger partial charge in [-0.1, -0.05) is 13.0 Å². The van der Waals surface area contributed by atoms with Crippen molar-refractivity contribution < 1.29 is 0 Å². The Morgan fingerprint density at radius 2 is 2.24 bits per heavy atom. The number of anilines is 1. The fourth-order valence-electron chi connectivity index (χ4n) is 1.50. The van der Waals surface area contributed by atoms with Gasteiger partial charge in [0.2, 0.25) is 0 Å². The van der Waals surface area contributed by atoms with Crippen LogP contribution in [-0.2, 0) is 0 Å². The van der Waals surface area contributed by atoms with Crippen LogP contribution in [0, 0.1) is 11.3 Å². The molecule has 0 spiro atoms. The Bertz CT molecular complexity index is 398. The maximum atomic E-state index is 9.17. The fraction of sp³-hybridized carbons (Fsp3) is 0.462. The third kappa shape index (κ3) is 3.95. The first-order valence-electron chi connectivity index (χ1n) is 5.72. The van der Waals surface area contributed by atoms with Crippen LogP contribution < -0.4 is 5.32 Å². The number of rotatable bonds is 6. The molecule has 0 aliphatic carbocycles. The summed E-state index contributed by atoms with van der Waals surface area (Å²) in [5.74, 6) is 0. The molecular formula is C13H19N3S. The summed E-state index contributed by atoms with van der Waals surface area (Å²) in [5, 5.41) is 12.5. The van der Waals surface area contributed by atoms with Crippen LogP contribution in [0.1, 0.15) is 12.5 Å². The molecule has 0 aliphatic heterocycles. The van der Waals surface area contributed by atoms with Crippen molar-refractivity contribution in [3.63, 3.8) is 0 Å². The first-order valence-corrected chi connectivity index (χ1v) is 6.95. The van der Waals surface area contributed by atoms with Crippen LogP contribution in [0.5, 0.6) is 0 Å². The molecule has 0 atom stereocenters. The van der Waals surface area contributed by atoms with Gasteiger partial charge >= 0.3 is 0 Å². The van der Waals surface area contributed by atoms with Crippen LogP contribution in [0.25, 0.3) is 0 Å². The van der Waals surface area contributed by atoms with Crippen molar-refractivity contribution >= 4 is 17.4 Å². The van der Waals surface area contributed by atoms with Crippen LogP contribution in [0.15, 0.2) is 23.1 Å². The van der Waals surface area contributed by atoms with Crippen molar-refractivity contribution in [1.82, 2.24) is 4.90 Å².